The van der Waals surface area contributed by atoms with Crippen molar-refractivity contribution in [2.45, 2.75) is 26.4 Å². The van der Waals surface area contributed by atoms with Crippen molar-refractivity contribution < 1.29 is 22.4 Å². The van der Waals surface area contributed by atoms with Crippen LogP contribution >= 0.6 is 0 Å². The maximum absolute atomic E-state index is 12.0. The number of aromatic nitrogens is 1. The summed E-state index contributed by atoms with van der Waals surface area (Å²) >= 11 is 0. The van der Waals surface area contributed by atoms with Crippen LogP contribution in [0.2, 0.25) is 0 Å². The third-order valence-electron chi connectivity index (χ3n) is 2.47. The summed E-state index contributed by atoms with van der Waals surface area (Å²) in [6.07, 6.45) is -4.66. The Bertz CT molecular complexity index is 549. The molecule has 0 radical (unpaired) electrons. The number of rotatable bonds is 5. The largest absolute Gasteiger partial charge is 0.573 e. The highest BCUT2D eigenvalue weighted by atomic mass is 19.4. The lowest BCUT2D eigenvalue weighted by molar-refractivity contribution is -0.274. The van der Waals surface area contributed by atoms with Gasteiger partial charge in [-0.3, -0.25) is 0 Å². The molecular weight excluding hydrogens is 273 g/mol. The Morgan fingerprint density at radius 2 is 1.90 bits per heavy atom. The molecule has 0 aliphatic carbocycles. The van der Waals surface area contributed by atoms with Crippen molar-refractivity contribution in [1.29, 1.82) is 0 Å². The Morgan fingerprint density at radius 3 is 2.45 bits per heavy atom. The molecule has 1 aromatic carbocycles. The van der Waals surface area contributed by atoms with Crippen LogP contribution in [0.5, 0.6) is 5.75 Å². The van der Waals surface area contributed by atoms with E-state index < -0.39 is 6.36 Å². The van der Waals surface area contributed by atoms with Crippen LogP contribution in [0.15, 0.2) is 34.9 Å². The third-order valence-corrected chi connectivity index (χ3v) is 2.47. The number of hydrogen-bond acceptors (Lipinski definition) is 4. The smallest absolute Gasteiger partial charge is 0.406 e. The minimum atomic E-state index is -4.66. The lowest BCUT2D eigenvalue weighted by atomic mass is 10.2. The maximum atomic E-state index is 12.0. The average Bonchev–Trinajstić information content (AvgIpc) is 2.75. The predicted molar refractivity (Wildman–Crippen MR) is 64.9 cm³/mol. The van der Waals surface area contributed by atoms with E-state index in [-0.39, 0.29) is 5.75 Å². The highest BCUT2D eigenvalue weighted by molar-refractivity contribution is 5.27. The van der Waals surface area contributed by atoms with Gasteiger partial charge < -0.3 is 14.6 Å². The van der Waals surface area contributed by atoms with Crippen molar-refractivity contribution in [3.05, 3.63) is 47.3 Å². The van der Waals surface area contributed by atoms with E-state index in [0.29, 0.717) is 13.1 Å². The van der Waals surface area contributed by atoms with Gasteiger partial charge in [-0.2, -0.15) is 0 Å². The van der Waals surface area contributed by atoms with Gasteiger partial charge in [0.2, 0.25) is 0 Å². The Kier molecular flexibility index (Phi) is 4.29. The first-order valence-corrected chi connectivity index (χ1v) is 5.90. The highest BCUT2D eigenvalue weighted by Gasteiger charge is 2.30. The molecule has 2 rings (SSSR count). The van der Waals surface area contributed by atoms with Crippen molar-refractivity contribution in [3.63, 3.8) is 0 Å². The molecule has 0 aliphatic heterocycles. The fraction of sp³-hybridized carbons (Fsp3) is 0.308. The van der Waals surface area contributed by atoms with Crippen LogP contribution < -0.4 is 10.1 Å². The van der Waals surface area contributed by atoms with Gasteiger partial charge in [0.05, 0.1) is 5.69 Å². The molecule has 0 unspecified atom stereocenters. The van der Waals surface area contributed by atoms with Gasteiger partial charge in [0, 0.05) is 19.2 Å². The van der Waals surface area contributed by atoms with Crippen molar-refractivity contribution in [2.24, 2.45) is 0 Å². The van der Waals surface area contributed by atoms with E-state index in [9.17, 15) is 13.2 Å². The number of benzene rings is 1. The number of ether oxygens (including phenoxy) is 1. The van der Waals surface area contributed by atoms with Gasteiger partial charge in [-0.25, -0.2) is 0 Å². The van der Waals surface area contributed by atoms with E-state index in [4.69, 9.17) is 4.52 Å². The minimum absolute atomic E-state index is 0.228. The van der Waals surface area contributed by atoms with Crippen molar-refractivity contribution in [3.8, 4) is 5.75 Å². The number of hydrogen-bond donors (Lipinski definition) is 1. The Morgan fingerprint density at radius 1 is 1.20 bits per heavy atom. The van der Waals surface area contributed by atoms with E-state index in [0.717, 1.165) is 17.0 Å². The molecule has 1 N–H and O–H groups in total. The molecule has 0 aliphatic rings. The van der Waals surface area contributed by atoms with Gasteiger partial charge in [-0.1, -0.05) is 17.3 Å². The fourth-order valence-corrected chi connectivity index (χ4v) is 1.65. The number of halogens is 3. The van der Waals surface area contributed by atoms with Crippen LogP contribution in [0.1, 0.15) is 17.0 Å². The maximum Gasteiger partial charge on any atom is 0.573 e. The summed E-state index contributed by atoms with van der Waals surface area (Å²) in [6.45, 7) is 2.84. The monoisotopic (exact) mass is 286 g/mol. The highest BCUT2D eigenvalue weighted by Crippen LogP contribution is 2.22. The molecular formula is C13H13F3N2O2. The summed E-state index contributed by atoms with van der Waals surface area (Å²) in [7, 11) is 0. The van der Waals surface area contributed by atoms with Crippen molar-refractivity contribution in [1.82, 2.24) is 10.5 Å². The molecule has 20 heavy (non-hydrogen) atoms. The zero-order valence-electron chi connectivity index (χ0n) is 10.7. The zero-order valence-corrected chi connectivity index (χ0v) is 10.7. The van der Waals surface area contributed by atoms with Gasteiger partial charge in [0.15, 0.2) is 0 Å². The SMILES string of the molecule is Cc1cc(CNCc2ccc(OC(F)(F)F)cc2)no1. The first kappa shape index (κ1) is 14.4. The molecule has 108 valence electrons. The first-order chi connectivity index (χ1) is 9.42. The van der Waals surface area contributed by atoms with Crippen LogP contribution in [-0.2, 0) is 13.1 Å². The van der Waals surface area contributed by atoms with Crippen LogP contribution in [-0.4, -0.2) is 11.5 Å². The summed E-state index contributed by atoms with van der Waals surface area (Å²) < 4.78 is 44.7. The van der Waals surface area contributed by atoms with Gasteiger partial charge >= 0.3 is 6.36 Å². The van der Waals surface area contributed by atoms with Gasteiger partial charge in [-0.05, 0) is 24.6 Å². The summed E-state index contributed by atoms with van der Waals surface area (Å²) in [5.41, 5.74) is 1.62. The normalized spacial score (nSPS) is 11.6. The van der Waals surface area contributed by atoms with E-state index in [1.54, 1.807) is 19.1 Å². The molecule has 0 saturated heterocycles. The van der Waals surface area contributed by atoms with E-state index in [1.165, 1.54) is 12.1 Å². The lowest BCUT2D eigenvalue weighted by Crippen LogP contribution is -2.17. The van der Waals surface area contributed by atoms with E-state index >= 15 is 0 Å². The molecule has 0 bridgehead atoms. The molecule has 1 heterocycles. The molecule has 1 aromatic heterocycles. The van der Waals surface area contributed by atoms with Crippen LogP contribution in [0, 0.1) is 6.92 Å². The number of aryl methyl sites for hydroxylation is 1. The number of nitrogens with zero attached hydrogens (tertiary/aromatic N) is 1. The van der Waals surface area contributed by atoms with Crippen molar-refractivity contribution >= 4 is 0 Å². The zero-order chi connectivity index (χ0) is 14.6. The summed E-state index contributed by atoms with van der Waals surface area (Å²) in [4.78, 5) is 0. The molecule has 0 saturated carbocycles. The second-order valence-electron chi connectivity index (χ2n) is 4.22. The summed E-state index contributed by atoms with van der Waals surface area (Å²) in [5, 5.41) is 6.93. The fourth-order valence-electron chi connectivity index (χ4n) is 1.65. The second-order valence-corrected chi connectivity index (χ2v) is 4.22. The van der Waals surface area contributed by atoms with E-state index in [1.807, 2.05) is 6.07 Å². The first-order valence-electron chi connectivity index (χ1n) is 5.90. The molecule has 0 spiro atoms. The molecule has 7 heteroatoms. The Hall–Kier alpha value is -2.02. The van der Waals surface area contributed by atoms with Crippen LogP contribution in [0.25, 0.3) is 0 Å². The lowest BCUT2D eigenvalue weighted by Gasteiger charge is -2.09. The van der Waals surface area contributed by atoms with Gasteiger partial charge in [-0.15, -0.1) is 13.2 Å². The van der Waals surface area contributed by atoms with Crippen LogP contribution in [0.3, 0.4) is 0 Å². The van der Waals surface area contributed by atoms with Crippen molar-refractivity contribution in [2.75, 3.05) is 0 Å². The average molecular weight is 286 g/mol. The molecule has 4 nitrogen and oxygen atoms in total. The molecule has 0 amide bonds. The molecule has 0 fully saturated rings. The Labute approximate surface area is 113 Å². The predicted octanol–water partition coefficient (Wildman–Crippen LogP) is 3.17. The van der Waals surface area contributed by atoms with Gasteiger partial charge in [0.1, 0.15) is 11.5 Å². The van der Waals surface area contributed by atoms with Gasteiger partial charge in [0.25, 0.3) is 0 Å². The standard InChI is InChI=1S/C13H13F3N2O2/c1-9-6-11(18-20-9)8-17-7-10-2-4-12(5-3-10)19-13(14,15)16/h2-6,17H,7-8H2,1H3. The minimum Gasteiger partial charge on any atom is -0.406 e. The number of alkyl halides is 3. The molecule has 0 atom stereocenters. The Balaban J connectivity index is 1.82. The second kappa shape index (κ2) is 5.96. The number of nitrogens with one attached hydrogen (secondary N) is 1. The summed E-state index contributed by atoms with van der Waals surface area (Å²) in [6, 6.07) is 7.52. The summed E-state index contributed by atoms with van der Waals surface area (Å²) in [5.74, 6) is 0.504. The van der Waals surface area contributed by atoms with Crippen LogP contribution in [0.4, 0.5) is 13.2 Å². The topological polar surface area (TPSA) is 47.3 Å². The quantitative estimate of drug-likeness (QED) is 0.917. The van der Waals surface area contributed by atoms with E-state index in [2.05, 4.69) is 15.2 Å². The third kappa shape index (κ3) is 4.58. The molecule has 2 aromatic rings.